The first-order chi connectivity index (χ1) is 10.4. The SMILES string of the molecule is CC(C)(C)CC(C)(C)NC(=O)COC(=O)c1ccc(F)cc1F. The molecule has 4 nitrogen and oxygen atoms in total. The molecule has 1 aromatic rings. The van der Waals surface area contributed by atoms with Crippen LogP contribution < -0.4 is 5.32 Å². The predicted molar refractivity (Wildman–Crippen MR) is 82.9 cm³/mol. The van der Waals surface area contributed by atoms with Crippen LogP contribution in [0.5, 0.6) is 0 Å². The molecule has 0 atom stereocenters. The lowest BCUT2D eigenvalue weighted by Crippen LogP contribution is -2.47. The summed E-state index contributed by atoms with van der Waals surface area (Å²) in [5, 5.41) is 2.77. The normalized spacial score (nSPS) is 12.0. The Kier molecular flexibility index (Phi) is 5.86. The van der Waals surface area contributed by atoms with Crippen molar-refractivity contribution in [3.8, 4) is 0 Å². The molecule has 0 heterocycles. The van der Waals surface area contributed by atoms with Crippen molar-refractivity contribution < 1.29 is 23.1 Å². The van der Waals surface area contributed by atoms with Crippen LogP contribution in [0.3, 0.4) is 0 Å². The van der Waals surface area contributed by atoms with E-state index in [4.69, 9.17) is 4.74 Å². The van der Waals surface area contributed by atoms with Gasteiger partial charge in [-0.25, -0.2) is 13.6 Å². The smallest absolute Gasteiger partial charge is 0.341 e. The largest absolute Gasteiger partial charge is 0.452 e. The van der Waals surface area contributed by atoms with Crippen LogP contribution in [0.4, 0.5) is 8.78 Å². The molecule has 0 spiro atoms. The molecule has 0 saturated carbocycles. The predicted octanol–water partition coefficient (Wildman–Crippen LogP) is 3.45. The van der Waals surface area contributed by atoms with E-state index >= 15 is 0 Å². The highest BCUT2D eigenvalue weighted by Gasteiger charge is 2.27. The average Bonchev–Trinajstić information content (AvgIpc) is 2.32. The summed E-state index contributed by atoms with van der Waals surface area (Å²) in [6.07, 6.45) is 0.728. The van der Waals surface area contributed by atoms with E-state index in [1.54, 1.807) is 0 Å². The van der Waals surface area contributed by atoms with Crippen molar-refractivity contribution in [3.63, 3.8) is 0 Å². The van der Waals surface area contributed by atoms with Crippen LogP contribution in [0.2, 0.25) is 0 Å². The van der Waals surface area contributed by atoms with Gasteiger partial charge in [0.15, 0.2) is 6.61 Å². The Balaban J connectivity index is 2.57. The van der Waals surface area contributed by atoms with Gasteiger partial charge in [-0.2, -0.15) is 0 Å². The molecule has 23 heavy (non-hydrogen) atoms. The summed E-state index contributed by atoms with van der Waals surface area (Å²) in [5.74, 6) is -3.30. The van der Waals surface area contributed by atoms with Crippen LogP contribution in [0.25, 0.3) is 0 Å². The Morgan fingerprint density at radius 3 is 2.26 bits per heavy atom. The minimum Gasteiger partial charge on any atom is -0.452 e. The maximum atomic E-state index is 13.4. The Bertz CT molecular complexity index is 592. The third-order valence-corrected chi connectivity index (χ3v) is 2.94. The number of benzene rings is 1. The van der Waals surface area contributed by atoms with Gasteiger partial charge in [-0.1, -0.05) is 20.8 Å². The molecule has 1 amide bonds. The third kappa shape index (κ3) is 6.76. The van der Waals surface area contributed by atoms with E-state index < -0.39 is 41.2 Å². The minimum absolute atomic E-state index is 0.0185. The Labute approximate surface area is 135 Å². The zero-order valence-electron chi connectivity index (χ0n) is 14.1. The third-order valence-electron chi connectivity index (χ3n) is 2.94. The minimum atomic E-state index is -1.02. The van der Waals surface area contributed by atoms with Gasteiger partial charge in [0.2, 0.25) is 0 Å². The number of rotatable bonds is 5. The summed E-state index contributed by atoms with van der Waals surface area (Å²) in [7, 11) is 0. The Hall–Kier alpha value is -1.98. The number of nitrogens with one attached hydrogen (secondary N) is 1. The first-order valence-corrected chi connectivity index (χ1v) is 7.33. The maximum Gasteiger partial charge on any atom is 0.341 e. The molecule has 128 valence electrons. The summed E-state index contributed by atoms with van der Waals surface area (Å²) >= 11 is 0. The lowest BCUT2D eigenvalue weighted by atomic mass is 9.82. The molecule has 1 aromatic carbocycles. The molecular formula is C17H23F2NO3. The highest BCUT2D eigenvalue weighted by Crippen LogP contribution is 2.26. The zero-order valence-corrected chi connectivity index (χ0v) is 14.1. The van der Waals surface area contributed by atoms with Crippen molar-refractivity contribution in [2.75, 3.05) is 6.61 Å². The van der Waals surface area contributed by atoms with Gasteiger partial charge in [-0.15, -0.1) is 0 Å². The molecule has 0 saturated heterocycles. The second kappa shape index (κ2) is 7.06. The van der Waals surface area contributed by atoms with Crippen molar-refractivity contribution in [3.05, 3.63) is 35.4 Å². The van der Waals surface area contributed by atoms with Crippen LogP contribution in [-0.2, 0) is 9.53 Å². The fraction of sp³-hybridized carbons (Fsp3) is 0.529. The van der Waals surface area contributed by atoms with E-state index in [0.717, 1.165) is 18.6 Å². The first kappa shape index (κ1) is 19.1. The topological polar surface area (TPSA) is 55.4 Å². The van der Waals surface area contributed by atoms with Crippen molar-refractivity contribution in [2.45, 2.75) is 46.6 Å². The van der Waals surface area contributed by atoms with Crippen LogP contribution >= 0.6 is 0 Å². The van der Waals surface area contributed by atoms with E-state index in [1.807, 2.05) is 13.8 Å². The van der Waals surface area contributed by atoms with Crippen LogP contribution in [0.15, 0.2) is 18.2 Å². The number of halogens is 2. The van der Waals surface area contributed by atoms with E-state index in [9.17, 15) is 18.4 Å². The van der Waals surface area contributed by atoms with Crippen molar-refractivity contribution in [1.29, 1.82) is 0 Å². The molecule has 0 aromatic heterocycles. The number of esters is 1. The first-order valence-electron chi connectivity index (χ1n) is 7.33. The second-order valence-corrected chi connectivity index (χ2v) is 7.37. The van der Waals surface area contributed by atoms with Crippen LogP contribution in [0, 0.1) is 17.0 Å². The van der Waals surface area contributed by atoms with E-state index in [1.165, 1.54) is 0 Å². The molecule has 1 rings (SSSR count). The van der Waals surface area contributed by atoms with Crippen molar-refractivity contribution in [2.24, 2.45) is 5.41 Å². The molecular weight excluding hydrogens is 304 g/mol. The summed E-state index contributed by atoms with van der Waals surface area (Å²) in [5.41, 5.74) is -0.860. The zero-order chi connectivity index (χ0) is 17.8. The lowest BCUT2D eigenvalue weighted by Gasteiger charge is -2.33. The standard InChI is InChI=1S/C17H23F2NO3/c1-16(2,3)10-17(4,5)20-14(21)9-23-15(22)12-7-6-11(18)8-13(12)19/h6-8H,9-10H2,1-5H3,(H,20,21). The number of amides is 1. The van der Waals surface area contributed by atoms with Crippen molar-refractivity contribution in [1.82, 2.24) is 5.32 Å². The van der Waals surface area contributed by atoms with Crippen LogP contribution in [-0.4, -0.2) is 24.0 Å². The number of ether oxygens (including phenoxy) is 1. The van der Waals surface area contributed by atoms with Gasteiger partial charge in [0, 0.05) is 11.6 Å². The van der Waals surface area contributed by atoms with Gasteiger partial charge in [0.1, 0.15) is 11.6 Å². The quantitative estimate of drug-likeness (QED) is 0.843. The van der Waals surface area contributed by atoms with E-state index in [2.05, 4.69) is 26.1 Å². The molecule has 0 unspecified atom stereocenters. The monoisotopic (exact) mass is 327 g/mol. The molecule has 0 aliphatic carbocycles. The van der Waals surface area contributed by atoms with Gasteiger partial charge in [0.05, 0.1) is 5.56 Å². The number of carbonyl (C=O) groups is 2. The number of hydrogen-bond donors (Lipinski definition) is 1. The summed E-state index contributed by atoms with van der Waals surface area (Å²) in [6, 6.07) is 2.52. The molecule has 0 radical (unpaired) electrons. The summed E-state index contributed by atoms with van der Waals surface area (Å²) in [4.78, 5) is 23.6. The van der Waals surface area contributed by atoms with Crippen molar-refractivity contribution >= 4 is 11.9 Å². The fourth-order valence-electron chi connectivity index (χ4n) is 2.65. The van der Waals surface area contributed by atoms with E-state index in [0.29, 0.717) is 6.07 Å². The van der Waals surface area contributed by atoms with Gasteiger partial charge < -0.3 is 10.1 Å². The second-order valence-electron chi connectivity index (χ2n) is 7.37. The molecule has 0 bridgehead atoms. The Morgan fingerprint density at radius 2 is 1.74 bits per heavy atom. The molecule has 0 aliphatic heterocycles. The highest BCUT2D eigenvalue weighted by molar-refractivity contribution is 5.91. The van der Waals surface area contributed by atoms with Gasteiger partial charge in [-0.3, -0.25) is 4.79 Å². The highest BCUT2D eigenvalue weighted by atomic mass is 19.1. The molecule has 1 N–H and O–H groups in total. The van der Waals surface area contributed by atoms with Gasteiger partial charge in [-0.05, 0) is 37.8 Å². The van der Waals surface area contributed by atoms with E-state index in [-0.39, 0.29) is 5.41 Å². The average molecular weight is 327 g/mol. The summed E-state index contributed by atoms with van der Waals surface area (Å²) < 4.78 is 31.0. The molecule has 0 aliphatic rings. The summed E-state index contributed by atoms with van der Waals surface area (Å²) in [6.45, 7) is 9.38. The fourth-order valence-corrected chi connectivity index (χ4v) is 2.65. The molecule has 0 fully saturated rings. The number of carbonyl (C=O) groups excluding carboxylic acids is 2. The number of hydrogen-bond acceptors (Lipinski definition) is 3. The Morgan fingerprint density at radius 1 is 1.13 bits per heavy atom. The van der Waals surface area contributed by atoms with Crippen LogP contribution in [0.1, 0.15) is 51.4 Å². The lowest BCUT2D eigenvalue weighted by molar-refractivity contribution is -0.126. The molecule has 6 heteroatoms. The van der Waals surface area contributed by atoms with Gasteiger partial charge >= 0.3 is 5.97 Å². The maximum absolute atomic E-state index is 13.4. The van der Waals surface area contributed by atoms with Gasteiger partial charge in [0.25, 0.3) is 5.91 Å².